The number of thioether (sulfide) groups is 2. The van der Waals surface area contributed by atoms with E-state index in [0.717, 1.165) is 0 Å². The Labute approximate surface area is 218 Å². The Morgan fingerprint density at radius 3 is 2.08 bits per heavy atom. The topological polar surface area (TPSA) is 222 Å². The number of carboxylic acids is 1. The summed E-state index contributed by atoms with van der Waals surface area (Å²) in [6, 6.07) is -4.38. The van der Waals surface area contributed by atoms with Crippen LogP contribution >= 0.6 is 23.5 Å². The Hall–Kier alpha value is -2.78. The number of rotatable bonds is 18. The highest BCUT2D eigenvalue weighted by Crippen LogP contribution is 2.07. The molecule has 0 aromatic carbocycles. The van der Waals surface area contributed by atoms with Crippen molar-refractivity contribution in [1.82, 2.24) is 25.9 Å². The van der Waals surface area contributed by atoms with Gasteiger partial charge in [-0.25, -0.2) is 9.78 Å². The van der Waals surface area contributed by atoms with Crippen molar-refractivity contribution in [3.8, 4) is 0 Å². The molecule has 0 fully saturated rings. The molecule has 1 aromatic rings. The van der Waals surface area contributed by atoms with Crippen LogP contribution in [0.25, 0.3) is 0 Å². The maximum absolute atomic E-state index is 13.1. The molecule has 1 aromatic heterocycles. The predicted octanol–water partition coefficient (Wildman–Crippen LogP) is -1.41. The van der Waals surface area contributed by atoms with Crippen LogP contribution in [0.1, 0.15) is 31.4 Å². The van der Waals surface area contributed by atoms with Crippen LogP contribution in [-0.2, 0) is 30.4 Å². The molecule has 4 atom stereocenters. The Bertz CT molecular complexity index is 871. The number of carbonyl (C=O) groups excluding carboxylic acids is 4. The highest BCUT2D eigenvalue weighted by atomic mass is 32.2. The van der Waals surface area contributed by atoms with Crippen LogP contribution in [0.3, 0.4) is 0 Å². The lowest BCUT2D eigenvalue weighted by Gasteiger charge is -2.25. The van der Waals surface area contributed by atoms with Gasteiger partial charge < -0.3 is 37.5 Å². The van der Waals surface area contributed by atoms with E-state index in [2.05, 4.69) is 25.9 Å². The number of nitrogens with zero attached hydrogens (tertiary/aromatic N) is 1. The fourth-order valence-corrected chi connectivity index (χ4v) is 4.03. The fourth-order valence-electron chi connectivity index (χ4n) is 3.07. The minimum atomic E-state index is -1.20. The summed E-state index contributed by atoms with van der Waals surface area (Å²) in [7, 11) is 0. The Morgan fingerprint density at radius 2 is 1.53 bits per heavy atom. The van der Waals surface area contributed by atoms with Gasteiger partial charge in [0.15, 0.2) is 0 Å². The van der Waals surface area contributed by atoms with Crippen molar-refractivity contribution >= 4 is 53.1 Å². The van der Waals surface area contributed by atoms with Crippen molar-refractivity contribution in [3.63, 3.8) is 0 Å². The summed E-state index contributed by atoms with van der Waals surface area (Å²) in [6.07, 6.45) is 6.81. The second-order valence-electron chi connectivity index (χ2n) is 7.98. The number of primary amides is 1. The second kappa shape index (κ2) is 16.8. The summed E-state index contributed by atoms with van der Waals surface area (Å²) in [5, 5.41) is 17.0. The van der Waals surface area contributed by atoms with Crippen molar-refractivity contribution in [1.29, 1.82) is 0 Å². The predicted molar refractivity (Wildman–Crippen MR) is 138 cm³/mol. The van der Waals surface area contributed by atoms with Gasteiger partial charge in [-0.3, -0.25) is 19.2 Å². The summed E-state index contributed by atoms with van der Waals surface area (Å²) in [5.41, 5.74) is 11.6. The van der Waals surface area contributed by atoms with Crippen LogP contribution in [0.2, 0.25) is 0 Å². The Balaban J connectivity index is 3.04. The third kappa shape index (κ3) is 11.8. The molecule has 0 saturated heterocycles. The first kappa shape index (κ1) is 31.3. The highest BCUT2D eigenvalue weighted by Gasteiger charge is 2.30. The summed E-state index contributed by atoms with van der Waals surface area (Å²) in [6.45, 7) is 0. The number of aliphatic carboxylic acids is 1. The van der Waals surface area contributed by atoms with Crippen molar-refractivity contribution in [3.05, 3.63) is 18.2 Å². The van der Waals surface area contributed by atoms with Gasteiger partial charge in [-0.1, -0.05) is 0 Å². The summed E-state index contributed by atoms with van der Waals surface area (Å²) < 4.78 is 0. The standard InChI is InChI=1S/C21H35N7O6S2/c1-35-7-5-13(22)18(30)26-14(3-4-17(23)29)19(31)28-16(9-12-10-24-11-25-12)20(32)27-15(21(33)34)6-8-36-2/h10-11,13-16H,3-9,22H2,1-2H3,(H2,23,29)(H,24,25)(H,26,30)(H,27,32)(H,28,31)(H,33,34). The van der Waals surface area contributed by atoms with E-state index in [1.54, 1.807) is 0 Å². The van der Waals surface area contributed by atoms with Crippen LogP contribution < -0.4 is 27.4 Å². The first-order valence-electron chi connectivity index (χ1n) is 11.2. The molecule has 0 aliphatic carbocycles. The SMILES string of the molecule is CSCCC(N)C(=O)NC(CCC(N)=O)C(=O)NC(Cc1cnc[nH]1)C(=O)NC(CCSC)C(=O)O. The molecule has 0 radical (unpaired) electrons. The van der Waals surface area contributed by atoms with Gasteiger partial charge in [-0.05, 0) is 43.3 Å². The Kier molecular flexibility index (Phi) is 14.6. The number of aromatic amines is 1. The lowest BCUT2D eigenvalue weighted by atomic mass is 10.1. The quantitative estimate of drug-likeness (QED) is 0.114. The van der Waals surface area contributed by atoms with Gasteiger partial charge in [-0.15, -0.1) is 0 Å². The number of hydrogen-bond acceptors (Lipinski definition) is 9. The molecule has 0 bridgehead atoms. The van der Waals surface area contributed by atoms with E-state index in [1.165, 1.54) is 36.0 Å². The van der Waals surface area contributed by atoms with Crippen LogP contribution in [0.15, 0.2) is 12.5 Å². The highest BCUT2D eigenvalue weighted by molar-refractivity contribution is 7.98. The molecule has 0 spiro atoms. The molecule has 36 heavy (non-hydrogen) atoms. The number of carboxylic acid groups (broad SMARTS) is 1. The normalized spacial score (nSPS) is 14.2. The smallest absolute Gasteiger partial charge is 0.326 e. The molecule has 0 aliphatic heterocycles. The lowest BCUT2D eigenvalue weighted by molar-refractivity contribution is -0.142. The number of H-pyrrole nitrogens is 1. The van der Waals surface area contributed by atoms with Crippen molar-refractivity contribution in [2.75, 3.05) is 24.0 Å². The zero-order chi connectivity index (χ0) is 27.1. The van der Waals surface area contributed by atoms with E-state index in [-0.39, 0.29) is 25.7 Å². The minimum Gasteiger partial charge on any atom is -0.480 e. The lowest BCUT2D eigenvalue weighted by Crippen LogP contribution is -2.57. The van der Waals surface area contributed by atoms with Gasteiger partial charge >= 0.3 is 5.97 Å². The van der Waals surface area contributed by atoms with Crippen molar-refractivity contribution in [2.45, 2.75) is 56.3 Å². The number of amides is 4. The third-order valence-corrected chi connectivity index (χ3v) is 6.41. The molecule has 9 N–H and O–H groups in total. The molecular weight excluding hydrogens is 510 g/mol. The molecule has 202 valence electrons. The molecule has 0 aliphatic rings. The van der Waals surface area contributed by atoms with Crippen LogP contribution in [0.5, 0.6) is 0 Å². The molecule has 1 heterocycles. The van der Waals surface area contributed by atoms with Gasteiger partial charge in [0, 0.05) is 24.7 Å². The van der Waals surface area contributed by atoms with Gasteiger partial charge in [0.2, 0.25) is 23.6 Å². The summed E-state index contributed by atoms with van der Waals surface area (Å²) >= 11 is 2.95. The molecular formula is C21H35N7O6S2. The van der Waals surface area contributed by atoms with E-state index in [0.29, 0.717) is 23.6 Å². The van der Waals surface area contributed by atoms with E-state index in [1.807, 2.05) is 12.5 Å². The second-order valence-corrected chi connectivity index (χ2v) is 9.95. The summed E-state index contributed by atoms with van der Waals surface area (Å²) in [4.78, 5) is 68.3. The van der Waals surface area contributed by atoms with Gasteiger partial charge in [0.1, 0.15) is 18.1 Å². The number of aromatic nitrogens is 2. The first-order chi connectivity index (χ1) is 17.1. The number of nitrogens with two attached hydrogens (primary N) is 2. The fraction of sp³-hybridized carbons (Fsp3) is 0.619. The van der Waals surface area contributed by atoms with E-state index in [9.17, 15) is 29.1 Å². The molecule has 1 rings (SSSR count). The van der Waals surface area contributed by atoms with Gasteiger partial charge in [-0.2, -0.15) is 23.5 Å². The number of nitrogens with one attached hydrogen (secondary N) is 4. The number of carbonyl (C=O) groups is 5. The monoisotopic (exact) mass is 545 g/mol. The van der Waals surface area contributed by atoms with E-state index < -0.39 is 53.8 Å². The third-order valence-electron chi connectivity index (χ3n) is 5.12. The molecule has 4 unspecified atom stereocenters. The number of hydrogen-bond donors (Lipinski definition) is 7. The van der Waals surface area contributed by atoms with Crippen LogP contribution in [-0.4, -0.2) is 92.9 Å². The van der Waals surface area contributed by atoms with Crippen LogP contribution in [0.4, 0.5) is 0 Å². The molecule has 13 nitrogen and oxygen atoms in total. The summed E-state index contributed by atoms with van der Waals surface area (Å²) in [5.74, 6) is -2.76. The molecule has 15 heteroatoms. The largest absolute Gasteiger partial charge is 0.480 e. The maximum atomic E-state index is 13.1. The zero-order valence-electron chi connectivity index (χ0n) is 20.3. The number of imidazole rings is 1. The molecule has 0 saturated carbocycles. The van der Waals surface area contributed by atoms with E-state index in [4.69, 9.17) is 11.5 Å². The van der Waals surface area contributed by atoms with Gasteiger partial charge in [0.25, 0.3) is 0 Å². The Morgan fingerprint density at radius 1 is 0.944 bits per heavy atom. The van der Waals surface area contributed by atoms with Crippen LogP contribution in [0, 0.1) is 0 Å². The van der Waals surface area contributed by atoms with E-state index >= 15 is 0 Å². The van der Waals surface area contributed by atoms with Gasteiger partial charge in [0.05, 0.1) is 12.4 Å². The average Bonchev–Trinajstić information content (AvgIpc) is 3.34. The first-order valence-corrected chi connectivity index (χ1v) is 14.0. The molecule has 4 amide bonds. The maximum Gasteiger partial charge on any atom is 0.326 e. The van der Waals surface area contributed by atoms with Crippen molar-refractivity contribution < 1.29 is 29.1 Å². The average molecular weight is 546 g/mol. The zero-order valence-corrected chi connectivity index (χ0v) is 22.0. The minimum absolute atomic E-state index is 0.0177. The van der Waals surface area contributed by atoms with Crippen molar-refractivity contribution in [2.24, 2.45) is 11.5 Å².